The number of rotatable bonds is 5. The molecule has 0 unspecified atom stereocenters. The maximum Gasteiger partial charge on any atom is 0.224 e. The van der Waals surface area contributed by atoms with E-state index in [2.05, 4.69) is 10.4 Å². The molecule has 7 nitrogen and oxygen atoms in total. The zero-order chi connectivity index (χ0) is 18.5. The summed E-state index contributed by atoms with van der Waals surface area (Å²) in [5.74, 6) is -0.195. The van der Waals surface area contributed by atoms with Crippen LogP contribution in [0.3, 0.4) is 0 Å². The summed E-state index contributed by atoms with van der Waals surface area (Å²) in [4.78, 5) is 25.9. The first-order chi connectivity index (χ1) is 12.5. The molecule has 26 heavy (non-hydrogen) atoms. The third-order valence-corrected chi connectivity index (χ3v) is 4.99. The lowest BCUT2D eigenvalue weighted by Crippen LogP contribution is -2.42. The van der Waals surface area contributed by atoms with Gasteiger partial charge in [-0.3, -0.25) is 14.3 Å². The predicted molar refractivity (Wildman–Crippen MR) is 100 cm³/mol. The quantitative estimate of drug-likeness (QED) is 0.785. The fourth-order valence-corrected chi connectivity index (χ4v) is 3.48. The Balaban J connectivity index is 1.48. The van der Waals surface area contributed by atoms with Crippen molar-refractivity contribution in [3.63, 3.8) is 0 Å². The highest BCUT2D eigenvalue weighted by Crippen LogP contribution is 2.17. The normalized spacial score (nSPS) is 20.8. The second-order valence-corrected chi connectivity index (χ2v) is 7.03. The number of likely N-dealkylation sites (tertiary alicyclic amines) is 1. The van der Waals surface area contributed by atoms with Gasteiger partial charge in [-0.25, -0.2) is 0 Å². The number of hydrogen-bond acceptors (Lipinski definition) is 4. The maximum absolute atomic E-state index is 12.5. The number of nitrogens with zero attached hydrogens (tertiary/aromatic N) is 3. The van der Waals surface area contributed by atoms with E-state index in [1.807, 2.05) is 35.1 Å². The number of fused-ring (bicyclic) bond motifs is 1. The number of para-hydroxylation sites is 1. The molecule has 1 fully saturated rings. The number of aryl methyl sites for hydroxylation is 1. The Labute approximate surface area is 153 Å². The van der Waals surface area contributed by atoms with E-state index in [0.717, 1.165) is 36.7 Å². The zero-order valence-corrected chi connectivity index (χ0v) is 15.2. The molecular formula is C19H27N5O2. The van der Waals surface area contributed by atoms with Gasteiger partial charge in [0.2, 0.25) is 11.8 Å². The molecule has 3 rings (SSSR count). The molecule has 1 aromatic carbocycles. The average Bonchev–Trinajstić information content (AvgIpc) is 2.92. The van der Waals surface area contributed by atoms with Crippen LogP contribution in [0, 0.1) is 5.92 Å². The number of nitrogens with one attached hydrogen (secondary N) is 1. The van der Waals surface area contributed by atoms with Crippen LogP contribution in [0.25, 0.3) is 10.9 Å². The van der Waals surface area contributed by atoms with Crippen molar-refractivity contribution < 1.29 is 9.59 Å². The van der Waals surface area contributed by atoms with Gasteiger partial charge in [-0.2, -0.15) is 5.10 Å². The highest BCUT2D eigenvalue weighted by atomic mass is 16.2. The summed E-state index contributed by atoms with van der Waals surface area (Å²) >= 11 is 0. The van der Waals surface area contributed by atoms with Crippen LogP contribution in [0.2, 0.25) is 0 Å². The van der Waals surface area contributed by atoms with Crippen molar-refractivity contribution in [2.24, 2.45) is 11.7 Å². The molecule has 0 radical (unpaired) electrons. The molecular weight excluding hydrogens is 330 g/mol. The van der Waals surface area contributed by atoms with Gasteiger partial charge in [-0.1, -0.05) is 18.2 Å². The summed E-state index contributed by atoms with van der Waals surface area (Å²) in [6, 6.07) is 8.03. The first kappa shape index (κ1) is 18.4. The minimum Gasteiger partial charge on any atom is -0.356 e. The standard InChI is InChI=1S/C19H27N5O2/c1-14(25)23-12-16(7-8-17(20)13-23)19(26)21-9-4-10-24-18-6-3-2-5-15(18)11-22-24/h2-3,5-6,11,16-17H,4,7-10,12-13,20H2,1H3,(H,21,26)/t16-,17+/m1/s1. The molecule has 2 aromatic rings. The lowest BCUT2D eigenvalue weighted by atomic mass is 10.0. The molecule has 2 amide bonds. The van der Waals surface area contributed by atoms with Crippen molar-refractivity contribution in [3.05, 3.63) is 30.5 Å². The molecule has 0 spiro atoms. The van der Waals surface area contributed by atoms with E-state index in [0.29, 0.717) is 19.6 Å². The van der Waals surface area contributed by atoms with Gasteiger partial charge in [0.25, 0.3) is 0 Å². The van der Waals surface area contributed by atoms with Crippen LogP contribution in [0.1, 0.15) is 26.2 Å². The van der Waals surface area contributed by atoms with Crippen molar-refractivity contribution in [1.82, 2.24) is 20.0 Å². The predicted octanol–water partition coefficient (Wildman–Crippen LogP) is 1.13. The maximum atomic E-state index is 12.5. The summed E-state index contributed by atoms with van der Waals surface area (Å²) in [5, 5.41) is 8.52. The Hall–Kier alpha value is -2.41. The summed E-state index contributed by atoms with van der Waals surface area (Å²) in [6.07, 6.45) is 4.15. The monoisotopic (exact) mass is 357 g/mol. The van der Waals surface area contributed by atoms with Gasteiger partial charge in [-0.15, -0.1) is 0 Å². The number of benzene rings is 1. The van der Waals surface area contributed by atoms with Crippen LogP contribution in [0.15, 0.2) is 30.5 Å². The van der Waals surface area contributed by atoms with Gasteiger partial charge >= 0.3 is 0 Å². The Morgan fingerprint density at radius 3 is 2.88 bits per heavy atom. The lowest BCUT2D eigenvalue weighted by molar-refractivity contribution is -0.131. The molecule has 1 aliphatic heterocycles. The van der Waals surface area contributed by atoms with Gasteiger partial charge < -0.3 is 16.0 Å². The highest BCUT2D eigenvalue weighted by molar-refractivity contribution is 5.80. The van der Waals surface area contributed by atoms with Gasteiger partial charge in [0.15, 0.2) is 0 Å². The second kappa shape index (κ2) is 8.31. The number of carbonyl (C=O) groups excluding carboxylic acids is 2. The summed E-state index contributed by atoms with van der Waals surface area (Å²) in [5.41, 5.74) is 7.12. The summed E-state index contributed by atoms with van der Waals surface area (Å²) in [6.45, 7) is 3.87. The van der Waals surface area contributed by atoms with Gasteiger partial charge in [-0.05, 0) is 25.3 Å². The Morgan fingerprint density at radius 2 is 2.08 bits per heavy atom. The van der Waals surface area contributed by atoms with Crippen molar-refractivity contribution in [3.8, 4) is 0 Å². The van der Waals surface area contributed by atoms with E-state index >= 15 is 0 Å². The molecule has 0 aliphatic carbocycles. The van der Waals surface area contributed by atoms with E-state index in [1.165, 1.54) is 6.92 Å². The first-order valence-electron chi connectivity index (χ1n) is 9.24. The molecule has 1 saturated heterocycles. The van der Waals surface area contributed by atoms with Crippen molar-refractivity contribution in [1.29, 1.82) is 0 Å². The third kappa shape index (κ3) is 4.40. The molecule has 7 heteroatoms. The summed E-state index contributed by atoms with van der Waals surface area (Å²) < 4.78 is 1.96. The molecule has 1 aromatic heterocycles. The van der Waals surface area contributed by atoms with Gasteiger partial charge in [0.05, 0.1) is 17.6 Å². The molecule has 0 saturated carbocycles. The van der Waals surface area contributed by atoms with E-state index in [9.17, 15) is 9.59 Å². The largest absolute Gasteiger partial charge is 0.356 e. The molecule has 3 N–H and O–H groups in total. The first-order valence-corrected chi connectivity index (χ1v) is 9.24. The number of carbonyl (C=O) groups is 2. The minimum atomic E-state index is -0.182. The van der Waals surface area contributed by atoms with Crippen LogP contribution in [0.4, 0.5) is 0 Å². The SMILES string of the molecule is CC(=O)N1C[C@@H](N)CC[C@@H](C(=O)NCCCn2ncc3ccccc32)C1. The smallest absolute Gasteiger partial charge is 0.224 e. The topological polar surface area (TPSA) is 93.2 Å². The average molecular weight is 357 g/mol. The fourth-order valence-electron chi connectivity index (χ4n) is 3.48. The molecule has 2 heterocycles. The highest BCUT2D eigenvalue weighted by Gasteiger charge is 2.28. The number of aromatic nitrogens is 2. The van der Waals surface area contributed by atoms with Crippen LogP contribution in [-0.2, 0) is 16.1 Å². The molecule has 2 atom stereocenters. The van der Waals surface area contributed by atoms with Gasteiger partial charge in [0, 0.05) is 44.5 Å². The minimum absolute atomic E-state index is 0.00988. The van der Waals surface area contributed by atoms with Crippen molar-refractivity contribution >= 4 is 22.7 Å². The fraction of sp³-hybridized carbons (Fsp3) is 0.526. The Kier molecular flexibility index (Phi) is 5.88. The van der Waals surface area contributed by atoms with E-state index < -0.39 is 0 Å². The molecule has 1 aliphatic rings. The second-order valence-electron chi connectivity index (χ2n) is 7.03. The lowest BCUT2D eigenvalue weighted by Gasteiger charge is -2.23. The van der Waals surface area contributed by atoms with E-state index in [4.69, 9.17) is 5.73 Å². The molecule has 140 valence electrons. The van der Waals surface area contributed by atoms with Crippen LogP contribution in [0.5, 0.6) is 0 Å². The number of hydrogen-bond donors (Lipinski definition) is 2. The number of nitrogens with two attached hydrogens (primary N) is 1. The third-order valence-electron chi connectivity index (χ3n) is 4.99. The van der Waals surface area contributed by atoms with Crippen molar-refractivity contribution in [2.45, 2.75) is 38.8 Å². The summed E-state index contributed by atoms with van der Waals surface area (Å²) in [7, 11) is 0. The van der Waals surface area contributed by atoms with E-state index in [1.54, 1.807) is 4.90 Å². The Bertz CT molecular complexity index is 772. The van der Waals surface area contributed by atoms with Crippen LogP contribution >= 0.6 is 0 Å². The Morgan fingerprint density at radius 1 is 1.27 bits per heavy atom. The van der Waals surface area contributed by atoms with Gasteiger partial charge in [0.1, 0.15) is 0 Å². The zero-order valence-electron chi connectivity index (χ0n) is 15.2. The van der Waals surface area contributed by atoms with Crippen molar-refractivity contribution in [2.75, 3.05) is 19.6 Å². The number of amides is 2. The van der Waals surface area contributed by atoms with Crippen LogP contribution in [-0.4, -0.2) is 52.2 Å². The van der Waals surface area contributed by atoms with Crippen LogP contribution < -0.4 is 11.1 Å². The molecule has 0 bridgehead atoms. The van der Waals surface area contributed by atoms with E-state index in [-0.39, 0.29) is 23.8 Å².